The third kappa shape index (κ3) is 8.00. The van der Waals surface area contributed by atoms with E-state index in [4.69, 9.17) is 21.7 Å². The second-order valence-electron chi connectivity index (χ2n) is 5.69. The van der Waals surface area contributed by atoms with Gasteiger partial charge in [-0.25, -0.2) is 0 Å². The van der Waals surface area contributed by atoms with E-state index >= 15 is 0 Å². The molecule has 2 rings (SSSR count). The largest absolute Gasteiger partial charge is 0.493 e. The summed E-state index contributed by atoms with van der Waals surface area (Å²) in [6.45, 7) is 2.24. The van der Waals surface area contributed by atoms with Gasteiger partial charge in [0.05, 0.1) is 12.2 Å². The SMILES string of the molecule is CCCOc1ccc(Br)cc1C(=O)NC(=S)NNC(=O)COc1ccc(Br)cc1. The normalized spacial score (nSPS) is 10.0. The van der Waals surface area contributed by atoms with Crippen LogP contribution in [0.4, 0.5) is 0 Å². The molecule has 154 valence electrons. The highest BCUT2D eigenvalue weighted by molar-refractivity contribution is 9.10. The van der Waals surface area contributed by atoms with Crippen LogP contribution in [0.15, 0.2) is 51.4 Å². The third-order valence-corrected chi connectivity index (χ3v) is 4.60. The van der Waals surface area contributed by atoms with Gasteiger partial charge in [-0.1, -0.05) is 38.8 Å². The lowest BCUT2D eigenvalue weighted by molar-refractivity contribution is -0.123. The van der Waals surface area contributed by atoms with E-state index < -0.39 is 11.8 Å². The number of rotatable bonds is 7. The number of amides is 2. The van der Waals surface area contributed by atoms with Crippen LogP contribution in [0.3, 0.4) is 0 Å². The second kappa shape index (κ2) is 11.7. The van der Waals surface area contributed by atoms with Gasteiger partial charge in [-0.05, 0) is 61.1 Å². The van der Waals surface area contributed by atoms with Crippen molar-refractivity contribution in [2.75, 3.05) is 13.2 Å². The van der Waals surface area contributed by atoms with Gasteiger partial charge in [-0.15, -0.1) is 0 Å². The van der Waals surface area contributed by atoms with E-state index in [1.54, 1.807) is 42.5 Å². The van der Waals surface area contributed by atoms with Crippen molar-refractivity contribution in [3.05, 3.63) is 57.0 Å². The summed E-state index contributed by atoms with van der Waals surface area (Å²) in [5, 5.41) is 2.43. The maximum atomic E-state index is 12.5. The summed E-state index contributed by atoms with van der Waals surface area (Å²) >= 11 is 11.7. The lowest BCUT2D eigenvalue weighted by Gasteiger charge is -2.14. The molecule has 0 spiro atoms. The second-order valence-corrected chi connectivity index (χ2v) is 7.93. The average molecular weight is 545 g/mol. The van der Waals surface area contributed by atoms with Crippen molar-refractivity contribution in [1.29, 1.82) is 0 Å². The Hall–Kier alpha value is -2.17. The molecule has 3 N–H and O–H groups in total. The number of carbonyl (C=O) groups is 2. The van der Waals surface area contributed by atoms with Crippen LogP contribution in [0, 0.1) is 0 Å². The number of ether oxygens (including phenoxy) is 2. The van der Waals surface area contributed by atoms with Crippen LogP contribution < -0.4 is 25.6 Å². The van der Waals surface area contributed by atoms with Gasteiger partial charge in [0.1, 0.15) is 11.5 Å². The quantitative estimate of drug-likeness (QED) is 0.364. The molecule has 29 heavy (non-hydrogen) atoms. The third-order valence-electron chi connectivity index (χ3n) is 3.37. The van der Waals surface area contributed by atoms with Crippen LogP contribution in [-0.2, 0) is 4.79 Å². The zero-order valence-electron chi connectivity index (χ0n) is 15.5. The van der Waals surface area contributed by atoms with Crippen molar-refractivity contribution >= 4 is 61.0 Å². The predicted molar refractivity (Wildman–Crippen MR) is 121 cm³/mol. The van der Waals surface area contributed by atoms with E-state index in [0.29, 0.717) is 23.7 Å². The zero-order chi connectivity index (χ0) is 21.2. The van der Waals surface area contributed by atoms with Gasteiger partial charge in [0.25, 0.3) is 11.8 Å². The standard InChI is InChI=1S/C19H19Br2N3O4S/c1-2-9-27-16-8-5-13(21)10-15(16)18(26)22-19(29)24-23-17(25)11-28-14-6-3-12(20)4-7-14/h3-8,10H,2,9,11H2,1H3,(H,23,25)(H2,22,24,26,29). The maximum Gasteiger partial charge on any atom is 0.276 e. The molecule has 0 atom stereocenters. The van der Waals surface area contributed by atoms with Gasteiger partial charge in [-0.3, -0.25) is 25.8 Å². The summed E-state index contributed by atoms with van der Waals surface area (Å²) in [5.41, 5.74) is 5.15. The monoisotopic (exact) mass is 543 g/mol. The van der Waals surface area contributed by atoms with Crippen LogP contribution in [0.25, 0.3) is 0 Å². The number of carbonyl (C=O) groups excluding carboxylic acids is 2. The smallest absolute Gasteiger partial charge is 0.276 e. The molecule has 0 bridgehead atoms. The molecule has 0 aliphatic heterocycles. The summed E-state index contributed by atoms with van der Waals surface area (Å²) in [4.78, 5) is 24.3. The molecule has 2 aromatic rings. The van der Waals surface area contributed by atoms with E-state index in [9.17, 15) is 9.59 Å². The molecule has 0 aliphatic rings. The minimum atomic E-state index is -0.463. The Morgan fingerprint density at radius 1 is 1.00 bits per heavy atom. The van der Waals surface area contributed by atoms with Crippen molar-refractivity contribution in [3.8, 4) is 11.5 Å². The average Bonchev–Trinajstić information content (AvgIpc) is 2.70. The fourth-order valence-electron chi connectivity index (χ4n) is 2.06. The van der Waals surface area contributed by atoms with Crippen molar-refractivity contribution in [2.45, 2.75) is 13.3 Å². The molecule has 0 aromatic heterocycles. The Labute approximate surface area is 190 Å². The highest BCUT2D eigenvalue weighted by atomic mass is 79.9. The topological polar surface area (TPSA) is 88.7 Å². The Bertz CT molecular complexity index is 878. The van der Waals surface area contributed by atoms with Crippen molar-refractivity contribution in [2.24, 2.45) is 0 Å². The van der Waals surface area contributed by atoms with E-state index in [1.165, 1.54) is 0 Å². The highest BCUT2D eigenvalue weighted by Gasteiger charge is 2.15. The maximum absolute atomic E-state index is 12.5. The number of thiocarbonyl (C=S) groups is 1. The predicted octanol–water partition coefficient (Wildman–Crippen LogP) is 3.71. The molecule has 0 unspecified atom stereocenters. The first-order valence-electron chi connectivity index (χ1n) is 8.60. The number of hydrogen-bond acceptors (Lipinski definition) is 5. The van der Waals surface area contributed by atoms with Crippen LogP contribution in [0.1, 0.15) is 23.7 Å². The highest BCUT2D eigenvalue weighted by Crippen LogP contribution is 2.23. The molecular weight excluding hydrogens is 526 g/mol. The molecule has 10 heteroatoms. The first-order valence-corrected chi connectivity index (χ1v) is 10.6. The first kappa shape index (κ1) is 23.1. The molecule has 0 saturated heterocycles. The van der Waals surface area contributed by atoms with Gasteiger partial charge >= 0.3 is 0 Å². The van der Waals surface area contributed by atoms with Crippen molar-refractivity contribution in [1.82, 2.24) is 16.2 Å². The van der Waals surface area contributed by atoms with Crippen LogP contribution >= 0.6 is 44.1 Å². The van der Waals surface area contributed by atoms with Gasteiger partial charge in [0.2, 0.25) is 0 Å². The fourth-order valence-corrected chi connectivity index (χ4v) is 2.83. The Morgan fingerprint density at radius 2 is 1.69 bits per heavy atom. The van der Waals surface area contributed by atoms with Gasteiger partial charge < -0.3 is 9.47 Å². The Morgan fingerprint density at radius 3 is 2.38 bits per heavy atom. The molecule has 2 amide bonds. The fraction of sp³-hybridized carbons (Fsp3) is 0.211. The molecule has 0 aliphatic carbocycles. The minimum absolute atomic E-state index is 0.0617. The lowest BCUT2D eigenvalue weighted by atomic mass is 10.2. The van der Waals surface area contributed by atoms with Crippen LogP contribution in [0.5, 0.6) is 11.5 Å². The number of benzene rings is 2. The van der Waals surface area contributed by atoms with E-state index in [-0.39, 0.29) is 11.7 Å². The van der Waals surface area contributed by atoms with Crippen LogP contribution in [-0.4, -0.2) is 30.1 Å². The van der Waals surface area contributed by atoms with Gasteiger partial charge in [0, 0.05) is 8.95 Å². The van der Waals surface area contributed by atoms with E-state index in [0.717, 1.165) is 15.4 Å². The first-order chi connectivity index (χ1) is 13.9. The van der Waals surface area contributed by atoms with Crippen LogP contribution in [0.2, 0.25) is 0 Å². The number of hydrogen-bond donors (Lipinski definition) is 3. The zero-order valence-corrected chi connectivity index (χ0v) is 19.4. The van der Waals surface area contributed by atoms with E-state index in [1.807, 2.05) is 6.92 Å². The summed E-state index contributed by atoms with van der Waals surface area (Å²) in [7, 11) is 0. The summed E-state index contributed by atoms with van der Waals surface area (Å²) in [5.74, 6) is 0.0741. The summed E-state index contributed by atoms with van der Waals surface area (Å²) in [6.07, 6.45) is 0.811. The Kier molecular flexibility index (Phi) is 9.36. The number of halogens is 2. The summed E-state index contributed by atoms with van der Waals surface area (Å²) < 4.78 is 12.6. The van der Waals surface area contributed by atoms with Gasteiger partial charge in [-0.2, -0.15) is 0 Å². The molecule has 0 saturated carbocycles. The number of nitrogens with one attached hydrogen (secondary N) is 3. The summed E-state index contributed by atoms with van der Waals surface area (Å²) in [6, 6.07) is 12.2. The molecule has 0 radical (unpaired) electrons. The van der Waals surface area contributed by atoms with Gasteiger partial charge in [0.15, 0.2) is 11.7 Å². The molecule has 0 heterocycles. The molecule has 2 aromatic carbocycles. The van der Waals surface area contributed by atoms with E-state index in [2.05, 4.69) is 48.0 Å². The number of hydrazine groups is 1. The molecular formula is C19H19Br2N3O4S. The lowest BCUT2D eigenvalue weighted by Crippen LogP contribution is -2.49. The molecule has 0 fully saturated rings. The van der Waals surface area contributed by atoms with Crippen molar-refractivity contribution in [3.63, 3.8) is 0 Å². The Balaban J connectivity index is 1.82. The molecule has 7 nitrogen and oxygen atoms in total. The minimum Gasteiger partial charge on any atom is -0.493 e. The van der Waals surface area contributed by atoms with Crippen molar-refractivity contribution < 1.29 is 19.1 Å².